The van der Waals surface area contributed by atoms with Crippen molar-refractivity contribution in [1.82, 2.24) is 0 Å². The predicted molar refractivity (Wildman–Crippen MR) is 362 cm³/mol. The third kappa shape index (κ3) is 70.0. The molecule has 0 aromatic heterocycles. The van der Waals surface area contributed by atoms with Crippen LogP contribution < -0.4 is 0 Å². The Balaban J connectivity index is 4.20. The van der Waals surface area contributed by atoms with Crippen LogP contribution in [0, 0.1) is 0 Å². The van der Waals surface area contributed by atoms with Crippen LogP contribution in [0.25, 0.3) is 0 Å². The second-order valence-corrected chi connectivity index (χ2v) is 25.2. The zero-order chi connectivity index (χ0) is 59.9. The summed E-state index contributed by atoms with van der Waals surface area (Å²) in [4.78, 5) is 38.5. The van der Waals surface area contributed by atoms with Crippen molar-refractivity contribution >= 4 is 17.9 Å². The number of carbonyl (C=O) groups is 3. The molecule has 0 fully saturated rings. The minimum absolute atomic E-state index is 0.0718. The van der Waals surface area contributed by atoms with E-state index in [4.69, 9.17) is 14.2 Å². The third-order valence-corrected chi connectivity index (χ3v) is 16.8. The average Bonchev–Trinajstić information content (AvgIpc) is 3.49. The maximum atomic E-state index is 13.0. The van der Waals surface area contributed by atoms with E-state index >= 15 is 0 Å². The molecular formula is C77H142O6. The Hall–Kier alpha value is -2.63. The van der Waals surface area contributed by atoms with Gasteiger partial charge in [-0.3, -0.25) is 14.4 Å². The average molecular weight is 1160 g/mol. The van der Waals surface area contributed by atoms with Gasteiger partial charge in [-0.15, -0.1) is 0 Å². The summed E-state index contributed by atoms with van der Waals surface area (Å²) in [5.74, 6) is -0.856. The molecule has 0 saturated carbocycles. The van der Waals surface area contributed by atoms with Crippen LogP contribution in [0.4, 0.5) is 0 Å². The minimum Gasteiger partial charge on any atom is -0.462 e. The van der Waals surface area contributed by atoms with Crippen LogP contribution in [0.3, 0.4) is 0 Å². The van der Waals surface area contributed by atoms with Crippen molar-refractivity contribution in [1.29, 1.82) is 0 Å². The Morgan fingerprint density at radius 2 is 0.434 bits per heavy atom. The third-order valence-electron chi connectivity index (χ3n) is 16.8. The van der Waals surface area contributed by atoms with E-state index in [0.29, 0.717) is 19.3 Å². The van der Waals surface area contributed by atoms with E-state index in [0.717, 1.165) is 83.5 Å². The van der Waals surface area contributed by atoms with E-state index in [-0.39, 0.29) is 31.1 Å². The number of esters is 3. The van der Waals surface area contributed by atoms with Gasteiger partial charge in [0.05, 0.1) is 0 Å². The smallest absolute Gasteiger partial charge is 0.306 e. The molecule has 1 unspecified atom stereocenters. The second-order valence-electron chi connectivity index (χ2n) is 25.2. The molecule has 1 atom stereocenters. The standard InChI is InChI=1S/C77H142O6/c1-4-7-10-13-16-19-22-25-28-31-33-34-35-36-37-38-39-40-41-42-43-44-45-47-49-52-55-58-61-64-67-70-76(79)82-73-74(72-81-75(78)69-66-63-60-57-54-51-48-30-27-24-21-18-15-12-9-6-3)83-77(80)71-68-65-62-59-56-53-50-46-32-29-26-23-20-17-14-11-8-5-2/h21-22,24-25,30-31,33,48,74H,4-20,23,26-29,32,34-47,49-73H2,1-3H3/b24-21-,25-22-,33-31-,48-30-. The highest BCUT2D eigenvalue weighted by molar-refractivity contribution is 5.71. The number of ether oxygens (including phenoxy) is 3. The van der Waals surface area contributed by atoms with Crippen LogP contribution in [-0.2, 0) is 28.6 Å². The Morgan fingerprint density at radius 3 is 0.675 bits per heavy atom. The molecule has 0 aromatic rings. The lowest BCUT2D eigenvalue weighted by atomic mass is 10.0. The van der Waals surface area contributed by atoms with E-state index in [1.165, 1.54) is 283 Å². The van der Waals surface area contributed by atoms with Gasteiger partial charge in [0.2, 0.25) is 0 Å². The fourth-order valence-corrected chi connectivity index (χ4v) is 11.2. The molecule has 0 amide bonds. The van der Waals surface area contributed by atoms with Crippen LogP contribution in [0.5, 0.6) is 0 Å². The summed E-state index contributed by atoms with van der Waals surface area (Å²) in [6.07, 6.45) is 91.5. The molecule has 0 saturated heterocycles. The quantitative estimate of drug-likeness (QED) is 0.0261. The van der Waals surface area contributed by atoms with Crippen molar-refractivity contribution in [3.05, 3.63) is 48.6 Å². The highest BCUT2D eigenvalue weighted by atomic mass is 16.6. The molecular weight excluding hydrogens is 1020 g/mol. The first-order chi connectivity index (χ1) is 41.0. The highest BCUT2D eigenvalue weighted by Gasteiger charge is 2.19. The van der Waals surface area contributed by atoms with Crippen molar-refractivity contribution in [2.24, 2.45) is 0 Å². The SMILES string of the molecule is CCCCCC/C=C\C/C=C\CCCCCCCC(=O)OCC(COC(=O)CCCCCCCCCCCCCCCCCCCCC/C=C\C/C=C\CCCCCCC)OC(=O)CCCCCCCCCCCCCCCCCCCC. The molecule has 0 spiro atoms. The summed E-state index contributed by atoms with van der Waals surface area (Å²) in [6, 6.07) is 0. The summed E-state index contributed by atoms with van der Waals surface area (Å²) in [6.45, 7) is 6.68. The monoisotopic (exact) mass is 1160 g/mol. The Morgan fingerprint density at radius 1 is 0.241 bits per heavy atom. The van der Waals surface area contributed by atoms with E-state index in [9.17, 15) is 14.4 Å². The molecule has 0 heterocycles. The zero-order valence-corrected chi connectivity index (χ0v) is 56.0. The normalized spacial score (nSPS) is 12.3. The van der Waals surface area contributed by atoms with Gasteiger partial charge >= 0.3 is 17.9 Å². The van der Waals surface area contributed by atoms with Crippen molar-refractivity contribution in [2.45, 2.75) is 412 Å². The molecule has 0 aromatic carbocycles. The van der Waals surface area contributed by atoms with Crippen LogP contribution in [-0.4, -0.2) is 37.2 Å². The molecule has 0 aliphatic rings. The van der Waals surface area contributed by atoms with Gasteiger partial charge in [0.15, 0.2) is 6.10 Å². The molecule has 0 rings (SSSR count). The van der Waals surface area contributed by atoms with Gasteiger partial charge in [0.1, 0.15) is 13.2 Å². The summed E-state index contributed by atoms with van der Waals surface area (Å²) in [5, 5.41) is 0. The molecule has 0 aliphatic heterocycles. The first-order valence-electron chi connectivity index (χ1n) is 37.1. The van der Waals surface area contributed by atoms with E-state index < -0.39 is 6.10 Å². The number of hydrogen-bond acceptors (Lipinski definition) is 6. The number of allylic oxidation sites excluding steroid dienone is 8. The van der Waals surface area contributed by atoms with Gasteiger partial charge < -0.3 is 14.2 Å². The minimum atomic E-state index is -0.777. The van der Waals surface area contributed by atoms with Gasteiger partial charge in [-0.05, 0) is 83.5 Å². The summed E-state index contributed by atoms with van der Waals surface area (Å²) in [7, 11) is 0. The fraction of sp³-hybridized carbons (Fsp3) is 0.857. The first kappa shape index (κ1) is 80.4. The number of hydrogen-bond donors (Lipinski definition) is 0. The fourth-order valence-electron chi connectivity index (χ4n) is 11.2. The maximum absolute atomic E-state index is 13.0. The predicted octanol–water partition coefficient (Wildman–Crippen LogP) is 25.7. The van der Waals surface area contributed by atoms with Crippen molar-refractivity contribution in [3.63, 3.8) is 0 Å². The van der Waals surface area contributed by atoms with Gasteiger partial charge in [0.25, 0.3) is 0 Å². The molecule has 6 nitrogen and oxygen atoms in total. The lowest BCUT2D eigenvalue weighted by molar-refractivity contribution is -0.167. The van der Waals surface area contributed by atoms with Gasteiger partial charge in [-0.1, -0.05) is 352 Å². The van der Waals surface area contributed by atoms with Crippen LogP contribution in [0.15, 0.2) is 48.6 Å². The first-order valence-corrected chi connectivity index (χ1v) is 37.1. The largest absolute Gasteiger partial charge is 0.462 e. The molecule has 0 bridgehead atoms. The molecule has 6 heteroatoms. The Kier molecular flexibility index (Phi) is 69.6. The zero-order valence-electron chi connectivity index (χ0n) is 56.0. The van der Waals surface area contributed by atoms with Crippen LogP contribution in [0.2, 0.25) is 0 Å². The van der Waals surface area contributed by atoms with E-state index in [1.807, 2.05) is 0 Å². The van der Waals surface area contributed by atoms with Crippen molar-refractivity contribution < 1.29 is 28.6 Å². The molecule has 0 aliphatic carbocycles. The summed E-state index contributed by atoms with van der Waals surface area (Å²) in [5.41, 5.74) is 0. The molecule has 0 radical (unpaired) electrons. The van der Waals surface area contributed by atoms with E-state index in [1.54, 1.807) is 0 Å². The van der Waals surface area contributed by atoms with Gasteiger partial charge in [-0.25, -0.2) is 0 Å². The van der Waals surface area contributed by atoms with Crippen LogP contribution >= 0.6 is 0 Å². The lowest BCUT2D eigenvalue weighted by Gasteiger charge is -2.18. The topological polar surface area (TPSA) is 78.9 Å². The summed E-state index contributed by atoms with van der Waals surface area (Å²) >= 11 is 0. The molecule has 486 valence electrons. The van der Waals surface area contributed by atoms with Crippen LogP contribution in [0.1, 0.15) is 406 Å². The van der Waals surface area contributed by atoms with Crippen molar-refractivity contribution in [3.8, 4) is 0 Å². The van der Waals surface area contributed by atoms with Gasteiger partial charge in [-0.2, -0.15) is 0 Å². The number of carbonyl (C=O) groups excluding carboxylic acids is 3. The number of rotatable bonds is 69. The Labute approximate surface area is 518 Å². The highest BCUT2D eigenvalue weighted by Crippen LogP contribution is 2.19. The van der Waals surface area contributed by atoms with Gasteiger partial charge in [0, 0.05) is 19.3 Å². The number of unbranched alkanes of at least 4 members (excludes halogenated alkanes) is 50. The molecule has 0 N–H and O–H groups in total. The van der Waals surface area contributed by atoms with E-state index in [2.05, 4.69) is 69.4 Å². The second kappa shape index (κ2) is 71.8. The summed E-state index contributed by atoms with van der Waals surface area (Å²) < 4.78 is 17.0. The molecule has 83 heavy (non-hydrogen) atoms. The van der Waals surface area contributed by atoms with Crippen molar-refractivity contribution in [2.75, 3.05) is 13.2 Å². The lowest BCUT2D eigenvalue weighted by Crippen LogP contribution is -2.30. The maximum Gasteiger partial charge on any atom is 0.306 e. The Bertz CT molecular complexity index is 1430.